The van der Waals surface area contributed by atoms with Gasteiger partial charge in [-0.25, -0.2) is 0 Å². The van der Waals surface area contributed by atoms with Crippen molar-refractivity contribution >= 4 is 23.4 Å². The second kappa shape index (κ2) is 10.5. The molecule has 0 fully saturated rings. The van der Waals surface area contributed by atoms with Gasteiger partial charge in [0.15, 0.2) is 0 Å². The van der Waals surface area contributed by atoms with Crippen molar-refractivity contribution in [2.45, 2.75) is 19.6 Å². The first-order chi connectivity index (χ1) is 9.61. The predicted molar refractivity (Wildman–Crippen MR) is 87.5 cm³/mol. The Morgan fingerprint density at radius 2 is 2.00 bits per heavy atom. The standard InChI is InChI=1S/C15H24ClNO2S/c1-12(11-20-2)7-17-8-15(18)10-19-9-13-3-5-14(16)6-4-13/h3-6,12,15,17-18H,7-11H2,1-2H3. The quantitative estimate of drug-likeness (QED) is 0.696. The topological polar surface area (TPSA) is 41.5 Å². The van der Waals surface area contributed by atoms with Crippen LogP contribution in [-0.2, 0) is 11.3 Å². The van der Waals surface area contributed by atoms with Crippen LogP contribution in [0.5, 0.6) is 0 Å². The molecule has 3 nitrogen and oxygen atoms in total. The lowest BCUT2D eigenvalue weighted by Gasteiger charge is -2.15. The Bertz CT molecular complexity index is 361. The van der Waals surface area contributed by atoms with E-state index in [1.807, 2.05) is 36.0 Å². The Balaban J connectivity index is 2.08. The largest absolute Gasteiger partial charge is 0.389 e. The van der Waals surface area contributed by atoms with Gasteiger partial charge >= 0.3 is 0 Å². The molecule has 0 aliphatic rings. The summed E-state index contributed by atoms with van der Waals surface area (Å²) >= 11 is 7.66. The first-order valence-electron chi connectivity index (χ1n) is 6.81. The average Bonchev–Trinajstić information content (AvgIpc) is 2.41. The smallest absolute Gasteiger partial charge is 0.0897 e. The van der Waals surface area contributed by atoms with Crippen LogP contribution < -0.4 is 5.32 Å². The van der Waals surface area contributed by atoms with E-state index in [0.717, 1.165) is 22.9 Å². The Morgan fingerprint density at radius 1 is 1.30 bits per heavy atom. The Labute approximate surface area is 131 Å². The van der Waals surface area contributed by atoms with Crippen LogP contribution in [0.2, 0.25) is 5.02 Å². The molecular weight excluding hydrogens is 294 g/mol. The third-order valence-electron chi connectivity index (χ3n) is 2.82. The van der Waals surface area contributed by atoms with Crippen LogP contribution in [0.1, 0.15) is 12.5 Å². The van der Waals surface area contributed by atoms with E-state index >= 15 is 0 Å². The molecule has 0 spiro atoms. The van der Waals surface area contributed by atoms with Crippen LogP contribution in [0.15, 0.2) is 24.3 Å². The SMILES string of the molecule is CSCC(C)CNCC(O)COCc1ccc(Cl)cc1. The highest BCUT2D eigenvalue weighted by atomic mass is 35.5. The third kappa shape index (κ3) is 8.12. The number of hydrogen-bond acceptors (Lipinski definition) is 4. The van der Waals surface area contributed by atoms with Crippen molar-refractivity contribution < 1.29 is 9.84 Å². The van der Waals surface area contributed by atoms with Crippen LogP contribution in [0.3, 0.4) is 0 Å². The number of aliphatic hydroxyl groups excluding tert-OH is 1. The highest BCUT2D eigenvalue weighted by Gasteiger charge is 2.06. The van der Waals surface area contributed by atoms with Crippen molar-refractivity contribution in [2.75, 3.05) is 31.7 Å². The minimum Gasteiger partial charge on any atom is -0.389 e. The molecule has 1 aromatic rings. The van der Waals surface area contributed by atoms with E-state index in [4.69, 9.17) is 16.3 Å². The van der Waals surface area contributed by atoms with Gasteiger partial charge in [-0.2, -0.15) is 11.8 Å². The average molecular weight is 318 g/mol. The summed E-state index contributed by atoms with van der Waals surface area (Å²) in [7, 11) is 0. The number of ether oxygens (including phenoxy) is 1. The molecule has 0 aliphatic carbocycles. The Hall–Kier alpha value is -0.260. The summed E-state index contributed by atoms with van der Waals surface area (Å²) in [4.78, 5) is 0. The predicted octanol–water partition coefficient (Wildman–Crippen LogP) is 2.81. The van der Waals surface area contributed by atoms with Crippen molar-refractivity contribution in [3.63, 3.8) is 0 Å². The Morgan fingerprint density at radius 3 is 2.65 bits per heavy atom. The fraction of sp³-hybridized carbons (Fsp3) is 0.600. The van der Waals surface area contributed by atoms with Crippen molar-refractivity contribution in [1.29, 1.82) is 0 Å². The second-order valence-electron chi connectivity index (χ2n) is 5.01. The fourth-order valence-electron chi connectivity index (χ4n) is 1.79. The molecule has 20 heavy (non-hydrogen) atoms. The minimum atomic E-state index is -0.469. The molecule has 0 radical (unpaired) electrons. The molecule has 0 bridgehead atoms. The second-order valence-corrected chi connectivity index (χ2v) is 6.36. The van der Waals surface area contributed by atoms with E-state index in [2.05, 4.69) is 18.5 Å². The number of halogens is 1. The van der Waals surface area contributed by atoms with Gasteiger partial charge in [-0.05, 0) is 42.2 Å². The lowest BCUT2D eigenvalue weighted by Crippen LogP contribution is -2.33. The molecule has 0 aliphatic heterocycles. The Kier molecular flexibility index (Phi) is 9.31. The van der Waals surface area contributed by atoms with Crippen LogP contribution in [0.4, 0.5) is 0 Å². The summed E-state index contributed by atoms with van der Waals surface area (Å²) in [5.41, 5.74) is 1.06. The molecule has 5 heteroatoms. The van der Waals surface area contributed by atoms with E-state index in [-0.39, 0.29) is 0 Å². The molecule has 2 N–H and O–H groups in total. The molecule has 114 valence electrons. The van der Waals surface area contributed by atoms with E-state index in [0.29, 0.717) is 25.7 Å². The molecule has 2 unspecified atom stereocenters. The van der Waals surface area contributed by atoms with Gasteiger partial charge < -0.3 is 15.2 Å². The van der Waals surface area contributed by atoms with Crippen molar-refractivity contribution in [1.82, 2.24) is 5.32 Å². The van der Waals surface area contributed by atoms with Gasteiger partial charge in [0, 0.05) is 11.6 Å². The van der Waals surface area contributed by atoms with Crippen LogP contribution >= 0.6 is 23.4 Å². The molecule has 0 saturated heterocycles. The van der Waals surface area contributed by atoms with E-state index < -0.39 is 6.10 Å². The van der Waals surface area contributed by atoms with Crippen molar-refractivity contribution in [3.05, 3.63) is 34.9 Å². The maximum absolute atomic E-state index is 9.80. The molecule has 0 saturated carbocycles. The summed E-state index contributed by atoms with van der Waals surface area (Å²) in [6.45, 7) is 4.53. The van der Waals surface area contributed by atoms with Gasteiger partial charge in [-0.3, -0.25) is 0 Å². The number of rotatable bonds is 10. The molecule has 2 atom stereocenters. The minimum absolute atomic E-state index is 0.340. The van der Waals surface area contributed by atoms with E-state index in [1.165, 1.54) is 0 Å². The normalized spacial score (nSPS) is 14.2. The zero-order valence-corrected chi connectivity index (χ0v) is 13.7. The highest BCUT2D eigenvalue weighted by Crippen LogP contribution is 2.10. The zero-order chi connectivity index (χ0) is 14.8. The first kappa shape index (κ1) is 17.8. The number of hydrogen-bond donors (Lipinski definition) is 2. The van der Waals surface area contributed by atoms with Gasteiger partial charge in [0.2, 0.25) is 0 Å². The van der Waals surface area contributed by atoms with Crippen LogP contribution in [0.25, 0.3) is 0 Å². The van der Waals surface area contributed by atoms with Gasteiger partial charge in [0.1, 0.15) is 0 Å². The molecule has 1 aromatic carbocycles. The fourth-order valence-corrected chi connectivity index (χ4v) is 2.61. The van der Waals surface area contributed by atoms with Crippen molar-refractivity contribution in [2.24, 2.45) is 5.92 Å². The molecule has 0 aromatic heterocycles. The highest BCUT2D eigenvalue weighted by molar-refractivity contribution is 7.98. The van der Waals surface area contributed by atoms with E-state index in [1.54, 1.807) is 0 Å². The van der Waals surface area contributed by atoms with Gasteiger partial charge in [0.05, 0.1) is 19.3 Å². The van der Waals surface area contributed by atoms with Gasteiger partial charge in [-0.15, -0.1) is 0 Å². The first-order valence-corrected chi connectivity index (χ1v) is 8.59. The lowest BCUT2D eigenvalue weighted by atomic mass is 10.2. The number of thioether (sulfide) groups is 1. The summed E-state index contributed by atoms with van der Waals surface area (Å²) in [5, 5.41) is 13.8. The number of aliphatic hydroxyl groups is 1. The molecular formula is C15H24ClNO2S. The molecule has 0 amide bonds. The monoisotopic (exact) mass is 317 g/mol. The maximum atomic E-state index is 9.80. The lowest BCUT2D eigenvalue weighted by molar-refractivity contribution is 0.0287. The van der Waals surface area contributed by atoms with Crippen LogP contribution in [0, 0.1) is 5.92 Å². The molecule has 1 rings (SSSR count). The maximum Gasteiger partial charge on any atom is 0.0897 e. The number of nitrogens with one attached hydrogen (secondary N) is 1. The third-order valence-corrected chi connectivity index (χ3v) is 3.97. The van der Waals surface area contributed by atoms with Crippen molar-refractivity contribution in [3.8, 4) is 0 Å². The van der Waals surface area contributed by atoms with E-state index in [9.17, 15) is 5.11 Å². The summed E-state index contributed by atoms with van der Waals surface area (Å²) in [6.07, 6.45) is 1.64. The molecule has 0 heterocycles. The van der Waals surface area contributed by atoms with Crippen LogP contribution in [-0.4, -0.2) is 42.9 Å². The summed E-state index contributed by atoms with van der Waals surface area (Å²) < 4.78 is 5.49. The van der Waals surface area contributed by atoms with Gasteiger partial charge in [0.25, 0.3) is 0 Å². The summed E-state index contributed by atoms with van der Waals surface area (Å²) in [5.74, 6) is 1.75. The number of benzene rings is 1. The van der Waals surface area contributed by atoms with Gasteiger partial charge in [-0.1, -0.05) is 30.7 Å². The zero-order valence-electron chi connectivity index (χ0n) is 12.1. The summed E-state index contributed by atoms with van der Waals surface area (Å²) in [6, 6.07) is 7.53.